The second kappa shape index (κ2) is 2.95. The van der Waals surface area contributed by atoms with Gasteiger partial charge in [0.1, 0.15) is 5.65 Å². The van der Waals surface area contributed by atoms with Gasteiger partial charge in [0.2, 0.25) is 0 Å². The van der Waals surface area contributed by atoms with E-state index in [9.17, 15) is 9.59 Å². The van der Waals surface area contributed by atoms with Crippen LogP contribution in [0.4, 0.5) is 0 Å². The number of H-pyrrole nitrogens is 1. The van der Waals surface area contributed by atoms with Gasteiger partial charge in [0, 0.05) is 23.3 Å². The number of nitrogens with zero attached hydrogens (tertiary/aromatic N) is 1. The fourth-order valence-corrected chi connectivity index (χ4v) is 1.35. The predicted octanol–water partition coefficient (Wildman–Crippen LogP) is 1.07. The average Bonchev–Trinajstić information content (AvgIpc) is 2.59. The molecule has 0 spiro atoms. The van der Waals surface area contributed by atoms with Crippen LogP contribution < -0.4 is 0 Å². The van der Waals surface area contributed by atoms with E-state index in [0.717, 1.165) is 0 Å². The number of aldehydes is 1. The van der Waals surface area contributed by atoms with Crippen LogP contribution in [0.5, 0.6) is 0 Å². The van der Waals surface area contributed by atoms with Gasteiger partial charge < -0.3 is 10.1 Å². The smallest absolute Gasteiger partial charge is 0.336 e. The van der Waals surface area contributed by atoms with Crippen LogP contribution in [0.15, 0.2) is 18.5 Å². The molecule has 5 nitrogen and oxygen atoms in total. The molecule has 5 heteroatoms. The molecule has 0 aliphatic heterocycles. The van der Waals surface area contributed by atoms with Crippen LogP contribution in [-0.4, -0.2) is 27.3 Å². The number of carboxylic acid groups (broad SMARTS) is 1. The molecule has 0 atom stereocenters. The lowest BCUT2D eigenvalue weighted by Crippen LogP contribution is -1.98. The molecule has 2 N–H and O–H groups in total. The van der Waals surface area contributed by atoms with Crippen LogP contribution in [0.3, 0.4) is 0 Å². The molecule has 0 saturated heterocycles. The Kier molecular flexibility index (Phi) is 1.78. The van der Waals surface area contributed by atoms with Gasteiger partial charge in [-0.05, 0) is 6.07 Å². The Morgan fingerprint density at radius 1 is 1.57 bits per heavy atom. The second-order valence-electron chi connectivity index (χ2n) is 2.75. The maximum atomic E-state index is 10.8. The van der Waals surface area contributed by atoms with Crippen LogP contribution in [-0.2, 0) is 0 Å². The van der Waals surface area contributed by atoms with Crippen LogP contribution in [0.1, 0.15) is 20.7 Å². The summed E-state index contributed by atoms with van der Waals surface area (Å²) >= 11 is 0. The molecule has 0 amide bonds. The van der Waals surface area contributed by atoms with Crippen molar-refractivity contribution in [2.24, 2.45) is 0 Å². The number of carboxylic acids is 1. The summed E-state index contributed by atoms with van der Waals surface area (Å²) in [5.74, 6) is -1.07. The quantitative estimate of drug-likeness (QED) is 0.694. The lowest BCUT2D eigenvalue weighted by Gasteiger charge is -1.96. The van der Waals surface area contributed by atoms with Crippen molar-refractivity contribution in [2.45, 2.75) is 0 Å². The van der Waals surface area contributed by atoms with E-state index in [1.807, 2.05) is 0 Å². The second-order valence-corrected chi connectivity index (χ2v) is 2.75. The summed E-state index contributed by atoms with van der Waals surface area (Å²) in [6.07, 6.45) is 3.43. The van der Waals surface area contributed by atoms with Crippen LogP contribution in [0.25, 0.3) is 11.0 Å². The Hall–Kier alpha value is -2.17. The molecule has 0 aromatic carbocycles. The third kappa shape index (κ3) is 1.06. The topological polar surface area (TPSA) is 83.0 Å². The third-order valence-corrected chi connectivity index (χ3v) is 1.96. The average molecular weight is 190 g/mol. The predicted molar refractivity (Wildman–Crippen MR) is 48.4 cm³/mol. The molecule has 0 bridgehead atoms. The molecule has 14 heavy (non-hydrogen) atoms. The Morgan fingerprint density at radius 3 is 3.00 bits per heavy atom. The molecule has 2 aromatic heterocycles. The number of aromatic nitrogens is 2. The number of carbonyl (C=O) groups excluding carboxylic acids is 1. The first kappa shape index (κ1) is 8.43. The maximum absolute atomic E-state index is 10.8. The summed E-state index contributed by atoms with van der Waals surface area (Å²) in [5.41, 5.74) is 0.802. The molecule has 2 rings (SSSR count). The Balaban J connectivity index is 2.88. The van der Waals surface area contributed by atoms with Gasteiger partial charge in [-0.15, -0.1) is 0 Å². The molecule has 2 aromatic rings. The Bertz CT molecular complexity index is 516. The van der Waals surface area contributed by atoms with Gasteiger partial charge in [0.05, 0.1) is 5.56 Å². The molecule has 0 unspecified atom stereocenters. The fraction of sp³-hybridized carbons (Fsp3) is 0. The van der Waals surface area contributed by atoms with Crippen molar-refractivity contribution in [2.75, 3.05) is 0 Å². The molecule has 0 fully saturated rings. The van der Waals surface area contributed by atoms with Crippen molar-refractivity contribution in [1.29, 1.82) is 0 Å². The zero-order valence-corrected chi connectivity index (χ0v) is 7.02. The van der Waals surface area contributed by atoms with Crippen molar-refractivity contribution in [3.05, 3.63) is 29.6 Å². The lowest BCUT2D eigenvalue weighted by atomic mass is 10.1. The number of fused-ring (bicyclic) bond motifs is 1. The largest absolute Gasteiger partial charge is 0.478 e. The van der Waals surface area contributed by atoms with E-state index in [1.165, 1.54) is 18.5 Å². The number of aromatic amines is 1. The van der Waals surface area contributed by atoms with Crippen molar-refractivity contribution in [3.63, 3.8) is 0 Å². The summed E-state index contributed by atoms with van der Waals surface area (Å²) < 4.78 is 0. The van der Waals surface area contributed by atoms with E-state index in [-0.39, 0.29) is 5.56 Å². The van der Waals surface area contributed by atoms with Gasteiger partial charge in [0.15, 0.2) is 6.29 Å². The number of nitrogens with one attached hydrogen (secondary N) is 1. The van der Waals surface area contributed by atoms with Crippen LogP contribution >= 0.6 is 0 Å². The van der Waals surface area contributed by atoms with Crippen LogP contribution in [0.2, 0.25) is 0 Å². The number of pyridine rings is 1. The van der Waals surface area contributed by atoms with Gasteiger partial charge in [-0.25, -0.2) is 9.78 Å². The summed E-state index contributed by atoms with van der Waals surface area (Å²) in [5, 5.41) is 9.22. The first-order chi connectivity index (χ1) is 6.74. The van der Waals surface area contributed by atoms with Gasteiger partial charge in [0.25, 0.3) is 0 Å². The fourth-order valence-electron chi connectivity index (χ4n) is 1.35. The standard InChI is InChI=1S/C9H6N2O3/c12-4-5-3-11-8-7(5)6(9(13)14)1-2-10-8/h1-4H,(H,10,11)(H,13,14). The highest BCUT2D eigenvalue weighted by molar-refractivity contribution is 6.08. The SMILES string of the molecule is O=Cc1c[nH]c2nccc(C(=O)O)c12. The normalized spacial score (nSPS) is 10.3. The van der Waals surface area contributed by atoms with E-state index in [2.05, 4.69) is 9.97 Å². The monoisotopic (exact) mass is 190 g/mol. The van der Waals surface area contributed by atoms with Crippen molar-refractivity contribution in [1.82, 2.24) is 9.97 Å². The van der Waals surface area contributed by atoms with E-state index in [0.29, 0.717) is 22.9 Å². The highest BCUT2D eigenvalue weighted by Crippen LogP contribution is 2.19. The minimum Gasteiger partial charge on any atom is -0.478 e. The van der Waals surface area contributed by atoms with Crippen molar-refractivity contribution < 1.29 is 14.7 Å². The molecule has 0 saturated carbocycles. The highest BCUT2D eigenvalue weighted by Gasteiger charge is 2.13. The number of aromatic carboxylic acids is 1. The summed E-state index contributed by atoms with van der Waals surface area (Å²) in [6.45, 7) is 0. The van der Waals surface area contributed by atoms with Gasteiger partial charge in [-0.2, -0.15) is 0 Å². The third-order valence-electron chi connectivity index (χ3n) is 1.96. The molecule has 0 aliphatic rings. The first-order valence-corrected chi connectivity index (χ1v) is 3.88. The zero-order valence-electron chi connectivity index (χ0n) is 7.02. The summed E-state index contributed by atoms with van der Waals surface area (Å²) in [6, 6.07) is 1.37. The zero-order chi connectivity index (χ0) is 10.1. The van der Waals surface area contributed by atoms with Crippen molar-refractivity contribution >= 4 is 23.3 Å². The van der Waals surface area contributed by atoms with E-state index in [1.54, 1.807) is 0 Å². The van der Waals surface area contributed by atoms with Gasteiger partial charge in [-0.3, -0.25) is 4.79 Å². The molecular formula is C9H6N2O3. The Morgan fingerprint density at radius 2 is 2.36 bits per heavy atom. The maximum Gasteiger partial charge on any atom is 0.336 e. The highest BCUT2D eigenvalue weighted by atomic mass is 16.4. The minimum atomic E-state index is -1.07. The first-order valence-electron chi connectivity index (χ1n) is 3.88. The van der Waals surface area contributed by atoms with Crippen molar-refractivity contribution in [3.8, 4) is 0 Å². The lowest BCUT2D eigenvalue weighted by molar-refractivity contribution is 0.0699. The van der Waals surface area contributed by atoms with Gasteiger partial charge >= 0.3 is 5.97 Å². The molecule has 70 valence electrons. The van der Waals surface area contributed by atoms with Crippen LogP contribution in [0, 0.1) is 0 Å². The molecular weight excluding hydrogens is 184 g/mol. The molecule has 0 radical (unpaired) electrons. The summed E-state index contributed by atoms with van der Waals surface area (Å²) in [4.78, 5) is 28.1. The molecule has 0 aliphatic carbocycles. The number of carbonyl (C=O) groups is 2. The van der Waals surface area contributed by atoms with E-state index >= 15 is 0 Å². The van der Waals surface area contributed by atoms with Gasteiger partial charge in [-0.1, -0.05) is 0 Å². The minimum absolute atomic E-state index is 0.0818. The molecule has 2 heterocycles. The number of hydrogen-bond donors (Lipinski definition) is 2. The Labute approximate surface area is 78.4 Å². The number of hydrogen-bond acceptors (Lipinski definition) is 3. The van der Waals surface area contributed by atoms with E-state index < -0.39 is 5.97 Å². The summed E-state index contributed by atoms with van der Waals surface area (Å²) in [7, 11) is 0. The number of rotatable bonds is 2. The van der Waals surface area contributed by atoms with E-state index in [4.69, 9.17) is 5.11 Å².